The number of carbonyl (C=O) groups excluding carboxylic acids is 1. The molecule has 5 nitrogen and oxygen atoms in total. The summed E-state index contributed by atoms with van der Waals surface area (Å²) in [4.78, 5) is 15.3. The van der Waals surface area contributed by atoms with Crippen LogP contribution >= 0.6 is 23.1 Å². The number of rotatable bonds is 4. The van der Waals surface area contributed by atoms with Gasteiger partial charge in [-0.3, -0.25) is 10.1 Å². The fourth-order valence-electron chi connectivity index (χ4n) is 1.31. The van der Waals surface area contributed by atoms with Crippen molar-refractivity contribution in [2.75, 3.05) is 18.3 Å². The molecule has 0 aliphatic rings. The minimum atomic E-state index is -0.327. The van der Waals surface area contributed by atoms with Crippen molar-refractivity contribution in [3.05, 3.63) is 24.3 Å². The highest BCUT2D eigenvalue weighted by atomic mass is 35.5. The highest BCUT2D eigenvalue weighted by Crippen LogP contribution is 2.26. The van der Waals surface area contributed by atoms with Crippen LogP contribution in [0.1, 0.15) is 0 Å². The Morgan fingerprint density at radius 1 is 1.56 bits per heavy atom. The van der Waals surface area contributed by atoms with Gasteiger partial charge in [0.2, 0.25) is 11.9 Å². The van der Waals surface area contributed by atoms with Crippen molar-refractivity contribution >= 4 is 35.0 Å². The lowest BCUT2D eigenvalue weighted by molar-refractivity contribution is -0.114. The standard InChI is InChI=1S/C11H10ClN3O2S/c1-17-8-4-2-3-7(5-8)10-14-11(15-18-10)13-9(16)6-12/h2-5H,6H2,1H3,(H,13,15,16). The highest BCUT2D eigenvalue weighted by molar-refractivity contribution is 7.09. The average Bonchev–Trinajstić information content (AvgIpc) is 2.87. The molecule has 1 aromatic carbocycles. The molecule has 0 spiro atoms. The molecule has 2 aromatic rings. The number of nitrogens with zero attached hydrogens (tertiary/aromatic N) is 2. The number of nitrogens with one attached hydrogen (secondary N) is 1. The lowest BCUT2D eigenvalue weighted by atomic mass is 10.2. The molecule has 0 aliphatic carbocycles. The van der Waals surface area contributed by atoms with E-state index in [0.29, 0.717) is 5.01 Å². The van der Waals surface area contributed by atoms with Crippen LogP contribution in [-0.2, 0) is 4.79 Å². The van der Waals surface area contributed by atoms with Crippen LogP contribution in [0.15, 0.2) is 24.3 Å². The smallest absolute Gasteiger partial charge is 0.241 e. The van der Waals surface area contributed by atoms with E-state index in [1.165, 1.54) is 11.5 Å². The van der Waals surface area contributed by atoms with Gasteiger partial charge in [-0.1, -0.05) is 12.1 Å². The summed E-state index contributed by atoms with van der Waals surface area (Å²) in [6.45, 7) is 0. The molecule has 0 radical (unpaired) electrons. The molecule has 0 unspecified atom stereocenters. The zero-order chi connectivity index (χ0) is 13.0. The second-order valence-corrected chi connectivity index (χ2v) is 4.36. The van der Waals surface area contributed by atoms with Gasteiger partial charge in [-0.2, -0.15) is 9.36 Å². The van der Waals surface area contributed by atoms with E-state index >= 15 is 0 Å². The van der Waals surface area contributed by atoms with E-state index in [-0.39, 0.29) is 17.7 Å². The molecule has 0 bridgehead atoms. The summed E-state index contributed by atoms with van der Waals surface area (Å²) in [7, 11) is 1.60. The fourth-order valence-corrected chi connectivity index (χ4v) is 1.99. The Morgan fingerprint density at radius 3 is 3.11 bits per heavy atom. The Bertz CT molecular complexity index is 559. The summed E-state index contributed by atoms with van der Waals surface area (Å²) in [6, 6.07) is 7.47. The summed E-state index contributed by atoms with van der Waals surface area (Å²) in [5, 5.41) is 3.20. The summed E-state index contributed by atoms with van der Waals surface area (Å²) < 4.78 is 9.17. The van der Waals surface area contributed by atoms with E-state index in [4.69, 9.17) is 16.3 Å². The maximum Gasteiger partial charge on any atom is 0.241 e. The Kier molecular flexibility index (Phi) is 4.11. The first-order valence-corrected chi connectivity index (χ1v) is 6.37. The van der Waals surface area contributed by atoms with E-state index in [1.54, 1.807) is 7.11 Å². The van der Waals surface area contributed by atoms with Crippen molar-refractivity contribution in [1.29, 1.82) is 0 Å². The van der Waals surface area contributed by atoms with Crippen LogP contribution in [0.3, 0.4) is 0 Å². The van der Waals surface area contributed by atoms with Crippen LogP contribution < -0.4 is 10.1 Å². The summed E-state index contributed by atoms with van der Waals surface area (Å²) >= 11 is 6.58. The largest absolute Gasteiger partial charge is 0.497 e. The second kappa shape index (κ2) is 5.79. The van der Waals surface area contributed by atoms with Crippen LogP contribution in [0.4, 0.5) is 5.95 Å². The number of benzene rings is 1. The van der Waals surface area contributed by atoms with E-state index in [9.17, 15) is 4.79 Å². The highest BCUT2D eigenvalue weighted by Gasteiger charge is 2.09. The molecule has 0 saturated carbocycles. The number of ether oxygens (including phenoxy) is 1. The number of carbonyl (C=O) groups is 1. The van der Waals surface area contributed by atoms with E-state index in [1.807, 2.05) is 24.3 Å². The van der Waals surface area contributed by atoms with Crippen molar-refractivity contribution in [3.8, 4) is 16.3 Å². The topological polar surface area (TPSA) is 64.1 Å². The van der Waals surface area contributed by atoms with Gasteiger partial charge in [-0.25, -0.2) is 0 Å². The Balaban J connectivity index is 2.20. The molecule has 2 rings (SSSR count). The molecular weight excluding hydrogens is 274 g/mol. The number of anilines is 1. The number of methoxy groups -OCH3 is 1. The fraction of sp³-hybridized carbons (Fsp3) is 0.182. The van der Waals surface area contributed by atoms with Gasteiger partial charge in [0.05, 0.1) is 7.11 Å². The first-order chi connectivity index (χ1) is 8.72. The first kappa shape index (κ1) is 12.8. The van der Waals surface area contributed by atoms with Gasteiger partial charge >= 0.3 is 0 Å². The van der Waals surface area contributed by atoms with Crippen LogP contribution in [0, 0.1) is 0 Å². The van der Waals surface area contributed by atoms with Gasteiger partial charge in [0, 0.05) is 5.56 Å². The predicted octanol–water partition coefficient (Wildman–Crippen LogP) is 2.39. The van der Waals surface area contributed by atoms with Crippen molar-refractivity contribution in [1.82, 2.24) is 9.36 Å². The maximum absolute atomic E-state index is 11.1. The number of hydrogen-bond acceptors (Lipinski definition) is 5. The molecule has 0 atom stereocenters. The maximum atomic E-state index is 11.1. The van der Waals surface area contributed by atoms with Gasteiger partial charge in [0.25, 0.3) is 0 Å². The lowest BCUT2D eigenvalue weighted by Crippen LogP contribution is -2.13. The zero-order valence-corrected chi connectivity index (χ0v) is 11.1. The van der Waals surface area contributed by atoms with Crippen molar-refractivity contribution in [2.24, 2.45) is 0 Å². The van der Waals surface area contributed by atoms with E-state index < -0.39 is 0 Å². The quantitative estimate of drug-likeness (QED) is 0.875. The zero-order valence-electron chi connectivity index (χ0n) is 9.51. The predicted molar refractivity (Wildman–Crippen MR) is 71.2 cm³/mol. The van der Waals surface area contributed by atoms with E-state index in [2.05, 4.69) is 14.7 Å². The van der Waals surface area contributed by atoms with Crippen molar-refractivity contribution in [2.45, 2.75) is 0 Å². The SMILES string of the molecule is COc1cccc(-c2nc(NC(=O)CCl)ns2)c1. The number of amides is 1. The van der Waals surface area contributed by atoms with Crippen LogP contribution in [0.2, 0.25) is 0 Å². The molecule has 94 valence electrons. The van der Waals surface area contributed by atoms with Crippen molar-refractivity contribution < 1.29 is 9.53 Å². The molecule has 0 saturated heterocycles. The number of aromatic nitrogens is 2. The second-order valence-electron chi connectivity index (χ2n) is 3.34. The number of hydrogen-bond donors (Lipinski definition) is 1. The molecule has 18 heavy (non-hydrogen) atoms. The van der Waals surface area contributed by atoms with Gasteiger partial charge in [0.15, 0.2) is 0 Å². The molecule has 0 aliphatic heterocycles. The number of alkyl halides is 1. The molecule has 0 fully saturated rings. The summed E-state index contributed by atoms with van der Waals surface area (Å²) in [5.74, 6) is 0.567. The number of halogens is 1. The van der Waals surface area contributed by atoms with Gasteiger partial charge in [-0.05, 0) is 23.7 Å². The third kappa shape index (κ3) is 2.96. The van der Waals surface area contributed by atoms with Crippen LogP contribution in [0.5, 0.6) is 5.75 Å². The van der Waals surface area contributed by atoms with E-state index in [0.717, 1.165) is 11.3 Å². The summed E-state index contributed by atoms with van der Waals surface area (Å²) in [5.41, 5.74) is 0.887. The Morgan fingerprint density at radius 2 is 2.39 bits per heavy atom. The summed E-state index contributed by atoms with van der Waals surface area (Å²) in [6.07, 6.45) is 0. The molecule has 1 N–H and O–H groups in total. The van der Waals surface area contributed by atoms with Crippen LogP contribution in [-0.4, -0.2) is 28.3 Å². The lowest BCUT2D eigenvalue weighted by Gasteiger charge is -2.00. The van der Waals surface area contributed by atoms with Crippen LogP contribution in [0.25, 0.3) is 10.6 Å². The monoisotopic (exact) mass is 283 g/mol. The average molecular weight is 284 g/mol. The van der Waals surface area contributed by atoms with Crippen molar-refractivity contribution in [3.63, 3.8) is 0 Å². The molecule has 1 aromatic heterocycles. The third-order valence-corrected chi connectivity index (χ3v) is 3.12. The minimum absolute atomic E-state index is 0.117. The van der Waals surface area contributed by atoms with Gasteiger partial charge in [0.1, 0.15) is 16.6 Å². The first-order valence-electron chi connectivity index (χ1n) is 5.07. The van der Waals surface area contributed by atoms with Gasteiger partial charge in [-0.15, -0.1) is 11.6 Å². The third-order valence-electron chi connectivity index (χ3n) is 2.12. The molecular formula is C11H10ClN3O2S. The molecule has 7 heteroatoms. The molecule has 1 amide bonds. The molecule has 1 heterocycles. The Labute approximate surface area is 113 Å². The van der Waals surface area contributed by atoms with Gasteiger partial charge < -0.3 is 4.74 Å². The Hall–Kier alpha value is -1.66. The normalized spacial score (nSPS) is 10.1. The minimum Gasteiger partial charge on any atom is -0.497 e.